The Morgan fingerprint density at radius 3 is 1.13 bits per heavy atom. The molecule has 0 unspecified atom stereocenters. The van der Waals surface area contributed by atoms with Gasteiger partial charge < -0.3 is 16.6 Å². The van der Waals surface area contributed by atoms with Gasteiger partial charge in [0.2, 0.25) is 0 Å². The number of hydrogen-bond acceptors (Lipinski definition) is 1. The summed E-state index contributed by atoms with van der Waals surface area (Å²) in [6.07, 6.45) is 0. The molecule has 4 aromatic carbocycles. The molecule has 0 heterocycles. The van der Waals surface area contributed by atoms with Crippen molar-refractivity contribution in [3.05, 3.63) is 134 Å². The maximum absolute atomic E-state index is 5.92. The van der Waals surface area contributed by atoms with E-state index in [1.165, 1.54) is 21.2 Å². The van der Waals surface area contributed by atoms with Gasteiger partial charge >= 0.3 is 0 Å². The SMILES string of the molecule is C[Si](C)(C)N=P(C=P([N-][Si](C)(C)C)(c1ccccc1)c1ccccc1)(c1ccccc1)c1ccccc1.[CH3-].[Sm]. The number of nitrogens with zero attached hydrogens (tertiary/aromatic N) is 2. The van der Waals surface area contributed by atoms with Crippen LogP contribution >= 0.6 is 14.1 Å². The molecule has 0 N–H and O–H groups in total. The van der Waals surface area contributed by atoms with E-state index in [4.69, 9.17) is 9.16 Å². The molecule has 0 aliphatic heterocycles. The normalized spacial score (nSPS) is 12.1. The van der Waals surface area contributed by atoms with Gasteiger partial charge in [-0.2, -0.15) is 0 Å². The van der Waals surface area contributed by atoms with Crippen molar-refractivity contribution in [2.24, 2.45) is 4.41 Å². The zero-order valence-corrected chi connectivity index (χ0v) is 30.7. The minimum absolute atomic E-state index is 0. The summed E-state index contributed by atoms with van der Waals surface area (Å²) in [6, 6.07) is 44.1. The van der Waals surface area contributed by atoms with Gasteiger partial charge in [0.15, 0.2) is 8.24 Å². The predicted molar refractivity (Wildman–Crippen MR) is 183 cm³/mol. The average Bonchev–Trinajstić information content (AvgIpc) is 2.88. The van der Waals surface area contributed by atoms with Crippen molar-refractivity contribution in [1.82, 2.24) is 0 Å². The molecule has 0 bridgehead atoms. The molecule has 39 heavy (non-hydrogen) atoms. The van der Waals surface area contributed by atoms with Gasteiger partial charge in [0.1, 0.15) is 0 Å². The third-order valence-corrected chi connectivity index (χ3v) is 20.2. The van der Waals surface area contributed by atoms with Gasteiger partial charge in [-0.15, -0.1) is 7.04 Å². The summed E-state index contributed by atoms with van der Waals surface area (Å²) in [5, 5.41) is 5.24. The Bertz CT molecular complexity index is 1330. The fourth-order valence-electron chi connectivity index (χ4n) is 4.66. The van der Waals surface area contributed by atoms with E-state index in [9.17, 15) is 0 Å². The quantitative estimate of drug-likeness (QED) is 0.0990. The van der Waals surface area contributed by atoms with Crippen LogP contribution in [-0.2, 0) is 0 Å². The first-order valence-corrected chi connectivity index (χ1v) is 23.4. The smallest absolute Gasteiger partial charge is 0.171 e. The molecule has 0 atom stereocenters. The predicted octanol–water partition coefficient (Wildman–Crippen LogP) is 8.68. The largest absolute Gasteiger partial charge is 0.631 e. The summed E-state index contributed by atoms with van der Waals surface area (Å²) < 4.78 is 11.8. The van der Waals surface area contributed by atoms with Crippen molar-refractivity contribution < 1.29 is 40.4 Å². The van der Waals surface area contributed by atoms with Crippen LogP contribution in [0.1, 0.15) is 0 Å². The molecule has 0 fully saturated rings. The van der Waals surface area contributed by atoms with Gasteiger partial charge in [-0.05, 0) is 21.2 Å². The van der Waals surface area contributed by atoms with Gasteiger partial charge in [-0.3, -0.25) is 0 Å². The van der Waals surface area contributed by atoms with E-state index in [1.54, 1.807) is 0 Å². The van der Waals surface area contributed by atoms with Crippen molar-refractivity contribution in [2.75, 3.05) is 0 Å². The molecule has 0 aliphatic carbocycles. The maximum Gasteiger partial charge on any atom is 0.171 e. The van der Waals surface area contributed by atoms with Crippen LogP contribution in [0.5, 0.6) is 0 Å². The van der Waals surface area contributed by atoms with E-state index in [2.05, 4.69) is 166 Å². The van der Waals surface area contributed by atoms with Gasteiger partial charge in [0.05, 0.1) is 0 Å². The van der Waals surface area contributed by atoms with E-state index in [-0.39, 0.29) is 47.8 Å². The second-order valence-corrected chi connectivity index (χ2v) is 27.4. The first-order chi connectivity index (χ1) is 17.5. The molecule has 206 valence electrons. The molecule has 7 heteroatoms. The van der Waals surface area contributed by atoms with E-state index in [0.29, 0.717) is 0 Å². The monoisotopic (exact) mass is 724 g/mol. The van der Waals surface area contributed by atoms with Gasteiger partial charge in [0.25, 0.3) is 0 Å². The summed E-state index contributed by atoms with van der Waals surface area (Å²) in [6.45, 7) is 14.2. The molecule has 0 aromatic heterocycles. The Kier molecular flexibility index (Phi) is 12.6. The van der Waals surface area contributed by atoms with Crippen LogP contribution in [0.3, 0.4) is 0 Å². The van der Waals surface area contributed by atoms with Gasteiger partial charge in [-0.25, -0.2) is 0 Å². The van der Waals surface area contributed by atoms with Crippen LogP contribution in [-0.4, -0.2) is 22.0 Å². The second kappa shape index (κ2) is 14.4. The molecule has 4 rings (SSSR count). The van der Waals surface area contributed by atoms with Crippen molar-refractivity contribution in [3.8, 4) is 0 Å². The van der Waals surface area contributed by atoms with Crippen LogP contribution in [0.15, 0.2) is 126 Å². The first-order valence-electron chi connectivity index (χ1n) is 12.9. The fraction of sp³-hybridized carbons (Fsp3) is 0.188. The molecule has 0 amide bonds. The Morgan fingerprint density at radius 1 is 0.538 bits per heavy atom. The molecule has 0 radical (unpaired) electrons. The zero-order valence-electron chi connectivity index (χ0n) is 24.3. The van der Waals surface area contributed by atoms with E-state index in [1.807, 2.05) is 0 Å². The van der Waals surface area contributed by atoms with Crippen LogP contribution in [0, 0.1) is 47.8 Å². The van der Waals surface area contributed by atoms with Crippen LogP contribution < -0.4 is 21.2 Å². The number of rotatable bonds is 8. The van der Waals surface area contributed by atoms with E-state index < -0.39 is 30.6 Å². The third-order valence-electron chi connectivity index (χ3n) is 5.85. The Balaban J connectivity index is 0.00000267. The minimum atomic E-state index is -2.32. The first kappa shape index (κ1) is 34.3. The van der Waals surface area contributed by atoms with Crippen molar-refractivity contribution in [1.29, 1.82) is 0 Å². The summed E-state index contributed by atoms with van der Waals surface area (Å²) >= 11 is 0. The van der Waals surface area contributed by atoms with Gasteiger partial charge in [-0.1, -0.05) is 174 Å². The third kappa shape index (κ3) is 8.57. The molecule has 4 aromatic rings. The number of hydrogen-bond donors (Lipinski definition) is 0. The summed E-state index contributed by atoms with van der Waals surface area (Å²) in [5.74, 6) is 0. The Hall–Kier alpha value is -0.859. The molecule has 0 spiro atoms. The Labute approximate surface area is 272 Å². The van der Waals surface area contributed by atoms with E-state index >= 15 is 0 Å². The van der Waals surface area contributed by atoms with Crippen molar-refractivity contribution in [2.45, 2.75) is 39.3 Å². The van der Waals surface area contributed by atoms with E-state index in [0.717, 1.165) is 0 Å². The molecular weight excluding hydrogens is 681 g/mol. The summed E-state index contributed by atoms with van der Waals surface area (Å²) in [7, 11) is -8.42. The summed E-state index contributed by atoms with van der Waals surface area (Å²) in [4.78, 5) is 0. The second-order valence-electron chi connectivity index (χ2n) is 11.4. The van der Waals surface area contributed by atoms with Crippen molar-refractivity contribution in [3.63, 3.8) is 0 Å². The van der Waals surface area contributed by atoms with Crippen LogP contribution in [0.2, 0.25) is 39.3 Å². The van der Waals surface area contributed by atoms with Gasteiger partial charge in [0, 0.05) is 47.4 Å². The number of benzene rings is 4. The standard InChI is InChI=1S/C31H39N2P2Si2.CH3.Sm/c1-36(2,3)32-34(28-19-11-7-12-20-28,29-21-13-8-14-22-29)27-35(33-37(4,5)6,30-23-15-9-16-24-30)31-25-17-10-18-26-31;;/h7-27H,1-6H3;1H3;/q2*-1;. The molecular formula is C32H42N2P2Si2Sm-2. The fourth-order valence-corrected chi connectivity index (χ4v) is 22.6. The van der Waals surface area contributed by atoms with Crippen molar-refractivity contribution >= 4 is 57.3 Å². The minimum Gasteiger partial charge on any atom is -0.631 e. The molecule has 2 nitrogen and oxygen atoms in total. The zero-order chi connectivity index (χ0) is 26.6. The summed E-state index contributed by atoms with van der Waals surface area (Å²) in [5.41, 5.74) is 2.69. The Morgan fingerprint density at radius 2 is 0.846 bits per heavy atom. The van der Waals surface area contributed by atoms with Crippen LogP contribution in [0.25, 0.3) is 4.75 Å². The molecule has 0 saturated heterocycles. The average molecular weight is 723 g/mol. The topological polar surface area (TPSA) is 26.5 Å². The van der Waals surface area contributed by atoms with Crippen LogP contribution in [0.4, 0.5) is 0 Å². The maximum atomic E-state index is 5.92. The molecule has 0 saturated carbocycles. The molecule has 0 aliphatic rings.